The number of nitrogens with zero attached hydrogens (tertiary/aromatic N) is 1. The Bertz CT molecular complexity index is 1140. The minimum Gasteiger partial charge on any atom is -0.497 e. The van der Waals surface area contributed by atoms with Gasteiger partial charge in [0.15, 0.2) is 0 Å². The first-order valence-electron chi connectivity index (χ1n) is 13.3. The Balaban J connectivity index is 2.01. The van der Waals surface area contributed by atoms with Gasteiger partial charge < -0.3 is 25.0 Å². The molecule has 0 aliphatic heterocycles. The van der Waals surface area contributed by atoms with E-state index in [2.05, 4.69) is 10.6 Å². The van der Waals surface area contributed by atoms with Crippen LogP contribution in [0.5, 0.6) is 5.75 Å². The van der Waals surface area contributed by atoms with E-state index in [1.54, 1.807) is 68.8 Å². The fourth-order valence-corrected chi connectivity index (χ4v) is 5.01. The highest BCUT2D eigenvalue weighted by Gasteiger charge is 2.44. The Morgan fingerprint density at radius 2 is 1.67 bits per heavy atom. The van der Waals surface area contributed by atoms with Crippen LogP contribution in [0.4, 0.5) is 10.5 Å². The van der Waals surface area contributed by atoms with Gasteiger partial charge in [0.1, 0.15) is 23.4 Å². The van der Waals surface area contributed by atoms with Crippen molar-refractivity contribution >= 4 is 35.4 Å². The quantitative estimate of drug-likeness (QED) is 0.373. The average molecular weight is 556 g/mol. The number of methoxy groups -OCH3 is 1. The molecule has 0 heterocycles. The van der Waals surface area contributed by atoms with Crippen molar-refractivity contribution in [3.05, 3.63) is 59.2 Å². The Labute approximate surface area is 236 Å². The highest BCUT2D eigenvalue weighted by atomic mass is 32.2. The highest BCUT2D eigenvalue weighted by molar-refractivity contribution is 7.98. The third kappa shape index (κ3) is 8.39. The zero-order valence-corrected chi connectivity index (χ0v) is 24.8. The van der Waals surface area contributed by atoms with Crippen molar-refractivity contribution in [1.82, 2.24) is 10.2 Å². The molecule has 0 saturated heterocycles. The van der Waals surface area contributed by atoms with Gasteiger partial charge in [-0.2, -0.15) is 11.8 Å². The first-order chi connectivity index (χ1) is 18.4. The van der Waals surface area contributed by atoms with Crippen LogP contribution in [0.15, 0.2) is 42.5 Å². The molecular formula is C30H41N3O5S. The number of hydrogen-bond acceptors (Lipinski definition) is 6. The number of aryl methyl sites for hydroxylation is 2. The zero-order chi connectivity index (χ0) is 28.7. The van der Waals surface area contributed by atoms with Crippen molar-refractivity contribution in [2.24, 2.45) is 0 Å². The summed E-state index contributed by atoms with van der Waals surface area (Å²) in [5.41, 5.74) is 2.54. The van der Waals surface area contributed by atoms with E-state index in [0.29, 0.717) is 23.6 Å². The lowest BCUT2D eigenvalue weighted by atomic mass is 9.93. The smallest absolute Gasteiger partial charge is 0.408 e. The Morgan fingerprint density at radius 1 is 1.05 bits per heavy atom. The molecule has 1 saturated carbocycles. The molecule has 2 aromatic rings. The lowest BCUT2D eigenvalue weighted by molar-refractivity contribution is -0.141. The molecule has 9 heteroatoms. The summed E-state index contributed by atoms with van der Waals surface area (Å²) in [6.45, 7) is 9.25. The van der Waals surface area contributed by atoms with Crippen LogP contribution in [0.2, 0.25) is 0 Å². The number of hydrogen-bond donors (Lipinski definition) is 2. The number of thioether (sulfide) groups is 1. The lowest BCUT2D eigenvalue weighted by Gasteiger charge is -2.36. The van der Waals surface area contributed by atoms with E-state index in [-0.39, 0.29) is 17.9 Å². The first kappa shape index (κ1) is 30.3. The van der Waals surface area contributed by atoms with Crippen LogP contribution < -0.4 is 15.4 Å². The predicted molar refractivity (Wildman–Crippen MR) is 156 cm³/mol. The number of carbonyl (C=O) groups excluding carboxylic acids is 3. The molecule has 0 aromatic heterocycles. The minimum absolute atomic E-state index is 0.0969. The van der Waals surface area contributed by atoms with Crippen LogP contribution >= 0.6 is 11.8 Å². The van der Waals surface area contributed by atoms with Crippen molar-refractivity contribution in [2.45, 2.75) is 77.6 Å². The Kier molecular flexibility index (Phi) is 10.3. The topological polar surface area (TPSA) is 97.0 Å². The van der Waals surface area contributed by atoms with Gasteiger partial charge in [-0.3, -0.25) is 9.59 Å². The van der Waals surface area contributed by atoms with Gasteiger partial charge >= 0.3 is 6.09 Å². The number of ether oxygens (including phenoxy) is 2. The van der Waals surface area contributed by atoms with Gasteiger partial charge in [-0.1, -0.05) is 18.2 Å². The molecule has 2 aromatic carbocycles. The van der Waals surface area contributed by atoms with E-state index in [0.717, 1.165) is 29.5 Å². The van der Waals surface area contributed by atoms with Gasteiger partial charge in [0.2, 0.25) is 5.91 Å². The van der Waals surface area contributed by atoms with Crippen molar-refractivity contribution in [1.29, 1.82) is 0 Å². The minimum atomic E-state index is -0.870. The van der Waals surface area contributed by atoms with Crippen LogP contribution in [-0.4, -0.2) is 59.6 Å². The van der Waals surface area contributed by atoms with Gasteiger partial charge in [-0.05, 0) is 107 Å². The van der Waals surface area contributed by atoms with Gasteiger partial charge in [0, 0.05) is 11.7 Å². The van der Waals surface area contributed by atoms with Crippen LogP contribution in [0.1, 0.15) is 62.8 Å². The number of alkyl carbamates (subject to hydrolysis) is 1. The van der Waals surface area contributed by atoms with Crippen molar-refractivity contribution in [3.63, 3.8) is 0 Å². The van der Waals surface area contributed by atoms with Crippen molar-refractivity contribution in [2.75, 3.05) is 24.4 Å². The number of amides is 3. The number of nitrogens with one attached hydrogen (secondary N) is 2. The summed E-state index contributed by atoms with van der Waals surface area (Å²) in [6.07, 6.45) is 3.32. The SMILES string of the molecule is COc1ccc(NC(=O)C(c2c(C)cccc2C)N(C(=O)C(CCSC)NC(=O)OC(C)(C)C)C2CC2)cc1. The number of rotatable bonds is 11. The summed E-state index contributed by atoms with van der Waals surface area (Å²) in [4.78, 5) is 42.7. The second-order valence-electron chi connectivity index (χ2n) is 10.9. The molecule has 1 aliphatic rings. The second-order valence-corrected chi connectivity index (χ2v) is 11.9. The molecule has 3 rings (SSSR count). The average Bonchev–Trinajstić information content (AvgIpc) is 3.70. The molecule has 2 N–H and O–H groups in total. The molecule has 2 unspecified atom stereocenters. The lowest BCUT2D eigenvalue weighted by Crippen LogP contribution is -2.53. The van der Waals surface area contributed by atoms with E-state index >= 15 is 0 Å². The predicted octanol–water partition coefficient (Wildman–Crippen LogP) is 5.63. The summed E-state index contributed by atoms with van der Waals surface area (Å²) in [5, 5.41) is 5.81. The maximum absolute atomic E-state index is 14.3. The summed E-state index contributed by atoms with van der Waals surface area (Å²) < 4.78 is 10.7. The molecule has 0 spiro atoms. The molecular weight excluding hydrogens is 514 g/mol. The van der Waals surface area contributed by atoms with Crippen LogP contribution in [-0.2, 0) is 14.3 Å². The Morgan fingerprint density at radius 3 is 2.18 bits per heavy atom. The monoisotopic (exact) mass is 555 g/mol. The second kappa shape index (κ2) is 13.2. The maximum Gasteiger partial charge on any atom is 0.408 e. The maximum atomic E-state index is 14.3. The summed E-state index contributed by atoms with van der Waals surface area (Å²) >= 11 is 1.59. The van der Waals surface area contributed by atoms with Gasteiger partial charge in [-0.15, -0.1) is 0 Å². The molecule has 212 valence electrons. The zero-order valence-electron chi connectivity index (χ0n) is 24.0. The fourth-order valence-electron chi connectivity index (χ4n) is 4.53. The van der Waals surface area contributed by atoms with Gasteiger partial charge in [-0.25, -0.2) is 4.79 Å². The Hall–Kier alpha value is -3.20. The first-order valence-corrected chi connectivity index (χ1v) is 14.7. The van der Waals surface area contributed by atoms with Crippen molar-refractivity contribution in [3.8, 4) is 5.75 Å². The van der Waals surface area contributed by atoms with E-state index in [1.807, 2.05) is 38.3 Å². The summed E-state index contributed by atoms with van der Waals surface area (Å²) in [7, 11) is 1.59. The van der Waals surface area contributed by atoms with Crippen LogP contribution in [0.25, 0.3) is 0 Å². The number of carbonyl (C=O) groups is 3. The molecule has 8 nitrogen and oxygen atoms in total. The molecule has 2 atom stereocenters. The van der Waals surface area contributed by atoms with E-state index in [9.17, 15) is 14.4 Å². The molecule has 3 amide bonds. The van der Waals surface area contributed by atoms with E-state index < -0.39 is 23.8 Å². The number of anilines is 1. The summed E-state index contributed by atoms with van der Waals surface area (Å²) in [6, 6.07) is 11.2. The third-order valence-electron chi connectivity index (χ3n) is 6.49. The van der Waals surface area contributed by atoms with Crippen molar-refractivity contribution < 1.29 is 23.9 Å². The molecule has 1 fully saturated rings. The van der Waals surface area contributed by atoms with E-state index in [4.69, 9.17) is 9.47 Å². The third-order valence-corrected chi connectivity index (χ3v) is 7.14. The largest absolute Gasteiger partial charge is 0.497 e. The fraction of sp³-hybridized carbons (Fsp3) is 0.500. The molecule has 0 radical (unpaired) electrons. The summed E-state index contributed by atoms with van der Waals surface area (Å²) in [5.74, 6) is 0.754. The standard InChI is InChI=1S/C30H41N3O5S/c1-19-9-8-10-20(2)25(19)26(27(34)31-21-11-15-23(37-6)16-12-21)33(22-13-14-22)28(35)24(17-18-39-7)32-29(36)38-30(3,4)5/h8-12,15-16,22,24,26H,13-14,17-18H2,1-7H3,(H,31,34)(H,32,36). The molecule has 0 bridgehead atoms. The van der Waals surface area contributed by atoms with Gasteiger partial charge in [0.05, 0.1) is 7.11 Å². The van der Waals surface area contributed by atoms with Crippen LogP contribution in [0.3, 0.4) is 0 Å². The highest BCUT2D eigenvalue weighted by Crippen LogP contribution is 2.38. The molecule has 39 heavy (non-hydrogen) atoms. The normalized spacial score (nSPS) is 14.6. The number of benzene rings is 2. The van der Waals surface area contributed by atoms with Crippen LogP contribution in [0, 0.1) is 13.8 Å². The van der Waals surface area contributed by atoms with E-state index in [1.165, 1.54) is 0 Å². The van der Waals surface area contributed by atoms with Gasteiger partial charge in [0.25, 0.3) is 5.91 Å². The molecule has 1 aliphatic carbocycles.